The lowest BCUT2D eigenvalue weighted by atomic mass is 9.89. The van der Waals surface area contributed by atoms with Crippen molar-refractivity contribution in [2.75, 3.05) is 0 Å². The maximum absolute atomic E-state index is 13.1. The van der Waals surface area contributed by atoms with Crippen LogP contribution < -0.4 is 9.60 Å². The van der Waals surface area contributed by atoms with Crippen LogP contribution in [0.4, 0.5) is 0 Å². The van der Waals surface area contributed by atoms with Gasteiger partial charge in [0.2, 0.25) is 10.0 Å². The molecule has 1 unspecified atom stereocenters. The van der Waals surface area contributed by atoms with Gasteiger partial charge in [0.15, 0.2) is 0 Å². The van der Waals surface area contributed by atoms with E-state index in [4.69, 9.17) is 0 Å². The number of hydrogen-bond acceptors (Lipinski definition) is 4. The van der Waals surface area contributed by atoms with Gasteiger partial charge in [-0.15, -0.1) is 0 Å². The molecule has 4 rings (SSSR count). The minimum atomic E-state index is -3.70. The quantitative estimate of drug-likeness (QED) is 0.631. The van der Waals surface area contributed by atoms with E-state index in [0.29, 0.717) is 17.7 Å². The van der Waals surface area contributed by atoms with Gasteiger partial charge < -0.3 is 0 Å². The third kappa shape index (κ3) is 3.91. The summed E-state index contributed by atoms with van der Waals surface area (Å²) in [6, 6.07) is 11.0. The van der Waals surface area contributed by atoms with Crippen LogP contribution in [0.5, 0.6) is 0 Å². The van der Waals surface area contributed by atoms with Gasteiger partial charge in [0.1, 0.15) is 0 Å². The van der Waals surface area contributed by atoms with Gasteiger partial charge in [0.05, 0.1) is 15.1 Å². The van der Waals surface area contributed by atoms with Crippen molar-refractivity contribution in [3.05, 3.63) is 62.8 Å². The second kappa shape index (κ2) is 8.05. The lowest BCUT2D eigenvalue weighted by Crippen LogP contribution is -2.28. The number of hydrogen-bond donors (Lipinski definition) is 1. The highest BCUT2D eigenvalue weighted by atomic mass is 32.2. The largest absolute Gasteiger partial charge is 0.308 e. The smallest absolute Gasteiger partial charge is 0.299 e. The summed E-state index contributed by atoms with van der Waals surface area (Å²) >= 11 is 1.09. The number of nitrogens with one attached hydrogen (secondary N) is 1. The summed E-state index contributed by atoms with van der Waals surface area (Å²) in [6.07, 6.45) is 5.26. The Labute approximate surface area is 175 Å². The van der Waals surface area contributed by atoms with E-state index in [1.54, 1.807) is 22.8 Å². The number of benzene rings is 2. The molecular weight excluding hydrogens is 404 g/mol. The minimum absolute atomic E-state index is 0.0644. The molecule has 1 heterocycles. The van der Waals surface area contributed by atoms with Gasteiger partial charge in [-0.3, -0.25) is 9.36 Å². The van der Waals surface area contributed by atoms with Crippen molar-refractivity contribution in [3.63, 3.8) is 0 Å². The van der Waals surface area contributed by atoms with Crippen molar-refractivity contribution in [2.24, 2.45) is 0 Å². The van der Waals surface area contributed by atoms with E-state index in [1.165, 1.54) is 24.0 Å². The van der Waals surface area contributed by atoms with Crippen LogP contribution in [0.15, 0.2) is 46.1 Å². The van der Waals surface area contributed by atoms with Crippen LogP contribution in [0.2, 0.25) is 0 Å². The average molecular weight is 431 g/mol. The normalized spacial score (nSPS) is 15.4. The monoisotopic (exact) mass is 430 g/mol. The van der Waals surface area contributed by atoms with Crippen molar-refractivity contribution >= 4 is 31.6 Å². The first-order chi connectivity index (χ1) is 13.9. The first-order valence-corrected chi connectivity index (χ1v) is 12.5. The summed E-state index contributed by atoms with van der Waals surface area (Å²) < 4.78 is 31.4. The van der Waals surface area contributed by atoms with Gasteiger partial charge >= 0.3 is 4.87 Å². The Hall–Kier alpha value is -1.96. The van der Waals surface area contributed by atoms with Crippen molar-refractivity contribution in [2.45, 2.75) is 63.4 Å². The van der Waals surface area contributed by atoms with Gasteiger partial charge in [-0.25, -0.2) is 13.1 Å². The molecule has 2 aromatic carbocycles. The third-order valence-corrected chi connectivity index (χ3v) is 8.16. The fourth-order valence-corrected chi connectivity index (χ4v) is 6.53. The minimum Gasteiger partial charge on any atom is -0.299 e. The number of aryl methyl sites for hydroxylation is 3. The van der Waals surface area contributed by atoms with Crippen molar-refractivity contribution < 1.29 is 8.42 Å². The van der Waals surface area contributed by atoms with Crippen LogP contribution in [0, 0.1) is 0 Å². The number of aromatic nitrogens is 1. The van der Waals surface area contributed by atoms with Crippen LogP contribution in [0.3, 0.4) is 0 Å². The molecule has 1 N–H and O–H groups in total. The molecule has 29 heavy (non-hydrogen) atoms. The first kappa shape index (κ1) is 20.3. The molecule has 0 fully saturated rings. The number of rotatable bonds is 6. The van der Waals surface area contributed by atoms with Crippen LogP contribution in [-0.4, -0.2) is 13.0 Å². The Balaban J connectivity index is 1.64. The SMILES string of the molecule is CCC(NS(=O)(=O)c1ccc2c(c1)sc(=O)n2CC)c1ccc2c(c1)CCCC2. The highest BCUT2D eigenvalue weighted by Gasteiger charge is 2.22. The Morgan fingerprint density at radius 1 is 1.07 bits per heavy atom. The standard InChI is InChI=1S/C22H26N2O3S2/c1-3-19(17-10-9-15-7-5-6-8-16(15)13-17)23-29(26,27)18-11-12-20-21(14-18)28-22(25)24(20)4-2/h9-14,19,23H,3-8H2,1-2H3. The van der Waals surface area contributed by atoms with Crippen LogP contribution >= 0.6 is 11.3 Å². The highest BCUT2D eigenvalue weighted by molar-refractivity contribution is 7.89. The van der Waals surface area contributed by atoms with E-state index < -0.39 is 10.0 Å². The zero-order chi connectivity index (χ0) is 20.6. The number of sulfonamides is 1. The molecule has 154 valence electrons. The number of nitrogens with zero attached hydrogens (tertiary/aromatic N) is 1. The van der Waals surface area contributed by atoms with Crippen LogP contribution in [0.1, 0.15) is 55.8 Å². The van der Waals surface area contributed by atoms with Gasteiger partial charge in [-0.2, -0.15) is 0 Å². The average Bonchev–Trinajstić information content (AvgIpc) is 3.05. The zero-order valence-electron chi connectivity index (χ0n) is 16.8. The van der Waals surface area contributed by atoms with Gasteiger partial charge in [0.25, 0.3) is 0 Å². The maximum Gasteiger partial charge on any atom is 0.308 e. The molecule has 0 amide bonds. The second-order valence-corrected chi connectivity index (χ2v) is 10.3. The Bertz CT molecular complexity index is 1210. The molecular formula is C22H26N2O3S2. The number of fused-ring (bicyclic) bond motifs is 2. The van der Waals surface area contributed by atoms with Crippen LogP contribution in [-0.2, 0) is 29.4 Å². The predicted octanol–water partition coefficient (Wildman–Crippen LogP) is 4.39. The number of thiazole rings is 1. The first-order valence-electron chi connectivity index (χ1n) is 10.2. The van der Waals surface area contributed by atoms with E-state index in [9.17, 15) is 13.2 Å². The molecule has 0 radical (unpaired) electrons. The summed E-state index contributed by atoms with van der Waals surface area (Å²) in [4.78, 5) is 12.2. The molecule has 1 aliphatic carbocycles. The third-order valence-electron chi connectivity index (χ3n) is 5.75. The predicted molar refractivity (Wildman–Crippen MR) is 118 cm³/mol. The summed E-state index contributed by atoms with van der Waals surface area (Å²) in [6.45, 7) is 4.46. The molecule has 0 spiro atoms. The molecule has 3 aromatic rings. The van der Waals surface area contributed by atoms with Crippen molar-refractivity contribution in [3.8, 4) is 0 Å². The zero-order valence-corrected chi connectivity index (χ0v) is 18.4. The van der Waals surface area contributed by atoms with Gasteiger partial charge in [-0.1, -0.05) is 36.5 Å². The molecule has 1 aliphatic rings. The molecule has 1 aromatic heterocycles. The van der Waals surface area contributed by atoms with E-state index in [1.807, 2.05) is 13.8 Å². The Morgan fingerprint density at radius 2 is 1.83 bits per heavy atom. The van der Waals surface area contributed by atoms with Crippen LogP contribution in [0.25, 0.3) is 10.2 Å². The summed E-state index contributed by atoms with van der Waals surface area (Å²) in [5, 5.41) is 0. The fraction of sp³-hybridized carbons (Fsp3) is 0.409. The second-order valence-electron chi connectivity index (χ2n) is 7.56. The summed E-state index contributed by atoms with van der Waals surface area (Å²) in [7, 11) is -3.70. The Morgan fingerprint density at radius 3 is 2.55 bits per heavy atom. The molecule has 7 heteroatoms. The van der Waals surface area contributed by atoms with E-state index in [-0.39, 0.29) is 15.8 Å². The summed E-state index contributed by atoms with van der Waals surface area (Å²) in [5.74, 6) is 0. The lowest BCUT2D eigenvalue weighted by Gasteiger charge is -2.21. The topological polar surface area (TPSA) is 68.2 Å². The van der Waals surface area contributed by atoms with Gasteiger partial charge in [-0.05, 0) is 73.9 Å². The highest BCUT2D eigenvalue weighted by Crippen LogP contribution is 2.28. The molecule has 0 saturated carbocycles. The molecule has 0 saturated heterocycles. The molecule has 0 bridgehead atoms. The lowest BCUT2D eigenvalue weighted by molar-refractivity contribution is 0.549. The summed E-state index contributed by atoms with van der Waals surface area (Å²) in [5.41, 5.74) is 4.53. The molecule has 1 atom stereocenters. The van der Waals surface area contributed by atoms with Crippen molar-refractivity contribution in [1.82, 2.24) is 9.29 Å². The van der Waals surface area contributed by atoms with E-state index in [0.717, 1.165) is 35.3 Å². The Kier molecular flexibility index (Phi) is 5.64. The fourth-order valence-electron chi connectivity index (χ4n) is 4.13. The van der Waals surface area contributed by atoms with Crippen molar-refractivity contribution in [1.29, 1.82) is 0 Å². The molecule has 0 aliphatic heterocycles. The van der Waals surface area contributed by atoms with E-state index in [2.05, 4.69) is 22.9 Å². The molecule has 5 nitrogen and oxygen atoms in total. The maximum atomic E-state index is 13.1. The van der Waals surface area contributed by atoms with Gasteiger partial charge in [0, 0.05) is 12.6 Å². The van der Waals surface area contributed by atoms with E-state index >= 15 is 0 Å².